The van der Waals surface area contributed by atoms with Gasteiger partial charge in [0.2, 0.25) is 23.6 Å². The SMILES string of the molecule is Brc1ccc(-c2nnc(-c3ccc(-c4nnc(-c5ccc(Br)cc5)o4)cc3)o2)cc1. The molecule has 0 fully saturated rings. The summed E-state index contributed by atoms with van der Waals surface area (Å²) in [6.07, 6.45) is 0. The maximum absolute atomic E-state index is 5.82. The summed E-state index contributed by atoms with van der Waals surface area (Å²) >= 11 is 6.84. The van der Waals surface area contributed by atoms with Crippen LogP contribution in [0.15, 0.2) is 90.6 Å². The molecule has 3 aromatic carbocycles. The first-order valence-corrected chi connectivity index (χ1v) is 10.5. The molecule has 6 nitrogen and oxygen atoms in total. The van der Waals surface area contributed by atoms with Crippen LogP contribution in [0.2, 0.25) is 0 Å². The second-order valence-electron chi connectivity index (χ2n) is 6.42. The Morgan fingerprint density at radius 3 is 0.900 bits per heavy atom. The van der Waals surface area contributed by atoms with Crippen molar-refractivity contribution in [2.75, 3.05) is 0 Å². The van der Waals surface area contributed by atoms with Crippen molar-refractivity contribution in [3.8, 4) is 45.8 Å². The lowest BCUT2D eigenvalue weighted by molar-refractivity contribution is 0.582. The second kappa shape index (κ2) is 7.97. The molecule has 0 bridgehead atoms. The number of aromatic nitrogens is 4. The number of benzene rings is 3. The zero-order valence-electron chi connectivity index (χ0n) is 15.3. The Labute approximate surface area is 188 Å². The summed E-state index contributed by atoms with van der Waals surface area (Å²) in [7, 11) is 0. The highest BCUT2D eigenvalue weighted by atomic mass is 79.9. The van der Waals surface area contributed by atoms with Crippen LogP contribution in [-0.4, -0.2) is 20.4 Å². The lowest BCUT2D eigenvalue weighted by Crippen LogP contribution is -1.81. The van der Waals surface area contributed by atoms with Crippen LogP contribution in [0.25, 0.3) is 45.8 Å². The first-order chi connectivity index (χ1) is 14.7. The van der Waals surface area contributed by atoms with Crippen LogP contribution in [0.1, 0.15) is 0 Å². The van der Waals surface area contributed by atoms with Crippen molar-refractivity contribution in [3.05, 3.63) is 81.7 Å². The van der Waals surface area contributed by atoms with E-state index in [0.717, 1.165) is 31.2 Å². The van der Waals surface area contributed by atoms with Gasteiger partial charge in [-0.3, -0.25) is 0 Å². The van der Waals surface area contributed by atoms with E-state index in [0.29, 0.717) is 23.6 Å². The summed E-state index contributed by atoms with van der Waals surface area (Å²) in [5.74, 6) is 1.83. The number of hydrogen-bond donors (Lipinski definition) is 0. The second-order valence-corrected chi connectivity index (χ2v) is 8.25. The molecule has 0 amide bonds. The molecule has 5 aromatic rings. The first kappa shape index (κ1) is 18.9. The molecule has 2 aromatic heterocycles. The lowest BCUT2D eigenvalue weighted by atomic mass is 10.1. The zero-order valence-corrected chi connectivity index (χ0v) is 18.5. The average molecular weight is 524 g/mol. The van der Waals surface area contributed by atoms with Crippen LogP contribution in [0.4, 0.5) is 0 Å². The summed E-state index contributed by atoms with van der Waals surface area (Å²) in [5, 5.41) is 16.6. The molecule has 5 rings (SSSR count). The Balaban J connectivity index is 1.37. The monoisotopic (exact) mass is 522 g/mol. The van der Waals surface area contributed by atoms with Gasteiger partial charge in [-0.05, 0) is 72.8 Å². The maximum atomic E-state index is 5.82. The normalized spacial score (nSPS) is 11.0. The molecule has 0 saturated carbocycles. The average Bonchev–Trinajstić information content (AvgIpc) is 3.45. The Morgan fingerprint density at radius 2 is 0.633 bits per heavy atom. The van der Waals surface area contributed by atoms with Crippen molar-refractivity contribution in [3.63, 3.8) is 0 Å². The van der Waals surface area contributed by atoms with Gasteiger partial charge in [0.05, 0.1) is 0 Å². The molecule has 0 atom stereocenters. The smallest absolute Gasteiger partial charge is 0.248 e. The molecule has 30 heavy (non-hydrogen) atoms. The largest absolute Gasteiger partial charge is 0.416 e. The Kier molecular flexibility index (Phi) is 5.02. The lowest BCUT2D eigenvalue weighted by Gasteiger charge is -1.98. The highest BCUT2D eigenvalue weighted by Crippen LogP contribution is 2.28. The van der Waals surface area contributed by atoms with E-state index in [2.05, 4.69) is 52.3 Å². The summed E-state index contributed by atoms with van der Waals surface area (Å²) in [5.41, 5.74) is 3.34. The molecule has 0 N–H and O–H groups in total. The molecule has 0 unspecified atom stereocenters. The van der Waals surface area contributed by atoms with E-state index in [1.54, 1.807) is 0 Å². The zero-order chi connectivity index (χ0) is 20.5. The van der Waals surface area contributed by atoms with Crippen LogP contribution in [-0.2, 0) is 0 Å². The van der Waals surface area contributed by atoms with Gasteiger partial charge < -0.3 is 8.83 Å². The maximum Gasteiger partial charge on any atom is 0.248 e. The van der Waals surface area contributed by atoms with Gasteiger partial charge in [0.15, 0.2) is 0 Å². The van der Waals surface area contributed by atoms with Crippen molar-refractivity contribution in [1.82, 2.24) is 20.4 Å². The minimum Gasteiger partial charge on any atom is -0.416 e. The molecular weight excluding hydrogens is 512 g/mol. The Morgan fingerprint density at radius 1 is 0.400 bits per heavy atom. The van der Waals surface area contributed by atoms with E-state index in [1.807, 2.05) is 72.8 Å². The predicted octanol–water partition coefficient (Wildman–Crippen LogP) is 6.65. The van der Waals surface area contributed by atoms with Gasteiger partial charge >= 0.3 is 0 Å². The summed E-state index contributed by atoms with van der Waals surface area (Å²) < 4.78 is 13.6. The molecule has 0 saturated heterocycles. The fraction of sp³-hybridized carbons (Fsp3) is 0. The third-order valence-corrected chi connectivity index (χ3v) is 5.47. The van der Waals surface area contributed by atoms with E-state index in [1.165, 1.54) is 0 Å². The van der Waals surface area contributed by atoms with Gasteiger partial charge in [0, 0.05) is 31.2 Å². The van der Waals surface area contributed by atoms with Crippen molar-refractivity contribution in [1.29, 1.82) is 0 Å². The highest BCUT2D eigenvalue weighted by molar-refractivity contribution is 9.10. The topological polar surface area (TPSA) is 77.8 Å². The highest BCUT2D eigenvalue weighted by Gasteiger charge is 2.13. The minimum absolute atomic E-state index is 0.445. The standard InChI is InChI=1S/C22H12Br2N4O2/c23-17-9-5-15(6-10-17)21-27-25-19(29-21)13-1-2-14(4-3-13)20-26-28-22(30-20)16-7-11-18(24)12-8-16/h1-12H. The van der Waals surface area contributed by atoms with Crippen molar-refractivity contribution < 1.29 is 8.83 Å². The Hall–Kier alpha value is -3.10. The fourth-order valence-corrected chi connectivity index (χ4v) is 3.38. The van der Waals surface area contributed by atoms with Gasteiger partial charge in [-0.15, -0.1) is 20.4 Å². The van der Waals surface area contributed by atoms with E-state index in [-0.39, 0.29) is 0 Å². The van der Waals surface area contributed by atoms with E-state index < -0.39 is 0 Å². The van der Waals surface area contributed by atoms with Gasteiger partial charge in [-0.25, -0.2) is 0 Å². The predicted molar refractivity (Wildman–Crippen MR) is 119 cm³/mol. The van der Waals surface area contributed by atoms with Crippen LogP contribution in [0.5, 0.6) is 0 Å². The third kappa shape index (κ3) is 3.83. The molecule has 2 heterocycles. The minimum atomic E-state index is 0.445. The Bertz CT molecular complexity index is 1190. The molecule has 0 aliphatic heterocycles. The molecule has 0 radical (unpaired) electrons. The number of halogens is 2. The van der Waals surface area contributed by atoms with Crippen LogP contribution in [0, 0.1) is 0 Å². The van der Waals surface area contributed by atoms with Gasteiger partial charge in [-0.2, -0.15) is 0 Å². The molecule has 146 valence electrons. The number of hydrogen-bond acceptors (Lipinski definition) is 6. The summed E-state index contributed by atoms with van der Waals surface area (Å²) in [4.78, 5) is 0. The molecule has 0 spiro atoms. The molecular formula is C22H12Br2N4O2. The molecule has 0 aliphatic carbocycles. The van der Waals surface area contributed by atoms with E-state index >= 15 is 0 Å². The van der Waals surface area contributed by atoms with Gasteiger partial charge in [-0.1, -0.05) is 31.9 Å². The third-order valence-electron chi connectivity index (χ3n) is 4.41. The van der Waals surface area contributed by atoms with Crippen LogP contribution >= 0.6 is 31.9 Å². The number of nitrogens with zero attached hydrogens (tertiary/aromatic N) is 4. The fourth-order valence-electron chi connectivity index (χ4n) is 2.85. The summed E-state index contributed by atoms with van der Waals surface area (Å²) in [6.45, 7) is 0. The molecule has 0 aliphatic rings. The molecule has 8 heteroatoms. The van der Waals surface area contributed by atoms with Crippen LogP contribution < -0.4 is 0 Å². The van der Waals surface area contributed by atoms with E-state index in [9.17, 15) is 0 Å². The summed E-state index contributed by atoms with van der Waals surface area (Å²) in [6, 6.07) is 23.0. The quantitative estimate of drug-likeness (QED) is 0.262. The van der Waals surface area contributed by atoms with Crippen molar-refractivity contribution in [2.45, 2.75) is 0 Å². The first-order valence-electron chi connectivity index (χ1n) is 8.95. The number of rotatable bonds is 4. The van der Waals surface area contributed by atoms with E-state index in [4.69, 9.17) is 8.83 Å². The van der Waals surface area contributed by atoms with Gasteiger partial charge in [0.25, 0.3) is 0 Å². The van der Waals surface area contributed by atoms with Crippen molar-refractivity contribution in [2.24, 2.45) is 0 Å². The van der Waals surface area contributed by atoms with Gasteiger partial charge in [0.1, 0.15) is 0 Å². The van der Waals surface area contributed by atoms with Crippen molar-refractivity contribution >= 4 is 31.9 Å². The van der Waals surface area contributed by atoms with Crippen LogP contribution in [0.3, 0.4) is 0 Å².